The highest BCUT2D eigenvalue weighted by atomic mass is 16.3. The third-order valence-electron chi connectivity index (χ3n) is 3.86. The number of rotatable bonds is 7. The summed E-state index contributed by atoms with van der Waals surface area (Å²) in [6.07, 6.45) is 2.54. The van der Waals surface area contributed by atoms with Crippen molar-refractivity contribution in [3.63, 3.8) is 0 Å². The fourth-order valence-corrected chi connectivity index (χ4v) is 2.28. The van der Waals surface area contributed by atoms with E-state index in [1.807, 2.05) is 18.2 Å². The molecule has 0 saturated carbocycles. The number of hydrogen-bond donors (Lipinski definition) is 2. The maximum atomic E-state index is 5.32. The molecule has 2 aromatic rings. The van der Waals surface area contributed by atoms with E-state index in [9.17, 15) is 0 Å². The summed E-state index contributed by atoms with van der Waals surface area (Å²) in [6, 6.07) is 14.6. The van der Waals surface area contributed by atoms with E-state index in [0.29, 0.717) is 6.04 Å². The fourth-order valence-electron chi connectivity index (χ4n) is 2.28. The molecule has 0 fully saturated rings. The number of benzene rings is 1. The number of para-hydroxylation sites is 1. The van der Waals surface area contributed by atoms with E-state index in [4.69, 9.17) is 4.42 Å². The summed E-state index contributed by atoms with van der Waals surface area (Å²) in [5.74, 6) is 1.79. The molecular weight excluding hydrogens is 288 g/mol. The molecule has 1 aromatic carbocycles. The zero-order valence-electron chi connectivity index (χ0n) is 14.1. The topological polar surface area (TPSA) is 52.8 Å². The Hall–Kier alpha value is -2.43. The Kier molecular flexibility index (Phi) is 6.54. The van der Waals surface area contributed by atoms with Gasteiger partial charge in [-0.15, -0.1) is 0 Å². The summed E-state index contributed by atoms with van der Waals surface area (Å²) in [4.78, 5) is 6.51. The van der Waals surface area contributed by atoms with Gasteiger partial charge in [0, 0.05) is 45.3 Å². The third kappa shape index (κ3) is 5.36. The Balaban J connectivity index is 1.74. The molecular formula is C18H26N4O. The lowest BCUT2D eigenvalue weighted by Gasteiger charge is -2.27. The number of nitrogens with one attached hydrogen (secondary N) is 2. The first-order valence-electron chi connectivity index (χ1n) is 7.95. The molecule has 0 saturated heterocycles. The highest BCUT2D eigenvalue weighted by Gasteiger charge is 2.10. The van der Waals surface area contributed by atoms with Gasteiger partial charge in [0.1, 0.15) is 5.76 Å². The predicted octanol–water partition coefficient (Wildman–Crippen LogP) is 2.51. The summed E-state index contributed by atoms with van der Waals surface area (Å²) in [7, 11) is 3.89. The Morgan fingerprint density at radius 3 is 2.61 bits per heavy atom. The van der Waals surface area contributed by atoms with Crippen molar-refractivity contribution in [1.29, 1.82) is 0 Å². The highest BCUT2D eigenvalue weighted by molar-refractivity contribution is 5.79. The van der Waals surface area contributed by atoms with Gasteiger partial charge >= 0.3 is 0 Å². The van der Waals surface area contributed by atoms with Gasteiger partial charge in [0.25, 0.3) is 0 Å². The molecule has 0 spiro atoms. The van der Waals surface area contributed by atoms with Crippen LogP contribution < -0.4 is 15.5 Å². The maximum absolute atomic E-state index is 5.32. The van der Waals surface area contributed by atoms with Gasteiger partial charge in [-0.3, -0.25) is 4.99 Å². The van der Waals surface area contributed by atoms with Crippen LogP contribution in [0.3, 0.4) is 0 Å². The normalized spacial score (nSPS) is 12.7. The second-order valence-electron chi connectivity index (χ2n) is 5.50. The van der Waals surface area contributed by atoms with Crippen LogP contribution >= 0.6 is 0 Å². The number of furan rings is 1. The quantitative estimate of drug-likeness (QED) is 0.609. The molecule has 0 aliphatic carbocycles. The molecule has 0 radical (unpaired) electrons. The summed E-state index contributed by atoms with van der Waals surface area (Å²) < 4.78 is 5.32. The molecule has 0 amide bonds. The lowest BCUT2D eigenvalue weighted by molar-refractivity contribution is 0.506. The molecule has 1 atom stereocenters. The van der Waals surface area contributed by atoms with Gasteiger partial charge in [-0.25, -0.2) is 0 Å². The Morgan fingerprint density at radius 1 is 1.17 bits per heavy atom. The average molecular weight is 314 g/mol. The van der Waals surface area contributed by atoms with Crippen molar-refractivity contribution in [2.45, 2.75) is 19.4 Å². The van der Waals surface area contributed by atoms with Crippen molar-refractivity contribution in [2.75, 3.05) is 32.1 Å². The van der Waals surface area contributed by atoms with Crippen molar-refractivity contribution in [3.05, 3.63) is 54.5 Å². The zero-order valence-corrected chi connectivity index (χ0v) is 14.1. The van der Waals surface area contributed by atoms with Crippen LogP contribution in [0, 0.1) is 0 Å². The Bertz CT molecular complexity index is 580. The van der Waals surface area contributed by atoms with Gasteiger partial charge in [0.15, 0.2) is 5.96 Å². The van der Waals surface area contributed by atoms with E-state index in [-0.39, 0.29) is 0 Å². The van der Waals surface area contributed by atoms with Gasteiger partial charge in [-0.2, -0.15) is 0 Å². The molecule has 0 bridgehead atoms. The van der Waals surface area contributed by atoms with Gasteiger partial charge in [-0.05, 0) is 31.2 Å². The molecule has 5 nitrogen and oxygen atoms in total. The number of anilines is 1. The Labute approximate surface area is 138 Å². The molecule has 0 aliphatic heterocycles. The smallest absolute Gasteiger partial charge is 0.191 e. The van der Waals surface area contributed by atoms with E-state index in [0.717, 1.165) is 31.2 Å². The van der Waals surface area contributed by atoms with E-state index in [1.54, 1.807) is 13.3 Å². The monoisotopic (exact) mass is 314 g/mol. The van der Waals surface area contributed by atoms with Crippen molar-refractivity contribution in [1.82, 2.24) is 10.6 Å². The second-order valence-corrected chi connectivity index (χ2v) is 5.50. The lowest BCUT2D eigenvalue weighted by atomic mass is 10.2. The van der Waals surface area contributed by atoms with Crippen LogP contribution in [-0.4, -0.2) is 39.2 Å². The molecule has 23 heavy (non-hydrogen) atoms. The van der Waals surface area contributed by atoms with Crippen LogP contribution in [0.1, 0.15) is 12.7 Å². The molecule has 5 heteroatoms. The van der Waals surface area contributed by atoms with Gasteiger partial charge in [0.05, 0.1) is 6.26 Å². The van der Waals surface area contributed by atoms with Crippen molar-refractivity contribution < 1.29 is 4.42 Å². The number of nitrogens with zero attached hydrogens (tertiary/aromatic N) is 2. The van der Waals surface area contributed by atoms with Crippen LogP contribution in [0.2, 0.25) is 0 Å². The Morgan fingerprint density at radius 2 is 1.96 bits per heavy atom. The summed E-state index contributed by atoms with van der Waals surface area (Å²) >= 11 is 0. The van der Waals surface area contributed by atoms with E-state index < -0.39 is 0 Å². The van der Waals surface area contributed by atoms with E-state index in [1.165, 1.54) is 5.69 Å². The maximum Gasteiger partial charge on any atom is 0.191 e. The van der Waals surface area contributed by atoms with Crippen LogP contribution in [-0.2, 0) is 6.42 Å². The van der Waals surface area contributed by atoms with Crippen LogP contribution in [0.5, 0.6) is 0 Å². The van der Waals surface area contributed by atoms with E-state index >= 15 is 0 Å². The highest BCUT2D eigenvalue weighted by Crippen LogP contribution is 2.13. The third-order valence-corrected chi connectivity index (χ3v) is 3.86. The minimum atomic E-state index is 0.348. The second kappa shape index (κ2) is 8.88. The van der Waals surface area contributed by atoms with Gasteiger partial charge in [-0.1, -0.05) is 18.2 Å². The number of likely N-dealkylation sites (N-methyl/N-ethyl adjacent to an activating group) is 1. The molecule has 1 unspecified atom stereocenters. The summed E-state index contributed by atoms with van der Waals surface area (Å²) in [5, 5.41) is 6.67. The van der Waals surface area contributed by atoms with E-state index in [2.05, 4.69) is 58.8 Å². The summed E-state index contributed by atoms with van der Waals surface area (Å²) in [5.41, 5.74) is 1.21. The van der Waals surface area contributed by atoms with Crippen LogP contribution in [0.15, 0.2) is 58.1 Å². The number of hydrogen-bond acceptors (Lipinski definition) is 3. The van der Waals surface area contributed by atoms with Crippen LogP contribution in [0.25, 0.3) is 0 Å². The van der Waals surface area contributed by atoms with Crippen molar-refractivity contribution in [3.8, 4) is 0 Å². The first-order valence-corrected chi connectivity index (χ1v) is 7.95. The molecule has 124 valence electrons. The van der Waals surface area contributed by atoms with Gasteiger partial charge < -0.3 is 20.0 Å². The average Bonchev–Trinajstić information content (AvgIpc) is 3.11. The number of aliphatic imine (C=N–C) groups is 1. The van der Waals surface area contributed by atoms with Gasteiger partial charge in [0.2, 0.25) is 0 Å². The molecule has 1 aromatic heterocycles. The molecule has 0 aliphatic rings. The lowest BCUT2D eigenvalue weighted by Crippen LogP contribution is -2.45. The fraction of sp³-hybridized carbons (Fsp3) is 0.389. The largest absolute Gasteiger partial charge is 0.469 e. The first kappa shape index (κ1) is 16.9. The van der Waals surface area contributed by atoms with Crippen molar-refractivity contribution >= 4 is 11.6 Å². The number of guanidine groups is 1. The molecule has 1 heterocycles. The first-order chi connectivity index (χ1) is 11.2. The SMILES string of the molecule is CN=C(NCCc1ccco1)NCC(C)N(C)c1ccccc1. The molecule has 2 N–H and O–H groups in total. The predicted molar refractivity (Wildman–Crippen MR) is 96.1 cm³/mol. The minimum Gasteiger partial charge on any atom is -0.469 e. The zero-order chi connectivity index (χ0) is 16.5. The minimum absolute atomic E-state index is 0.348. The molecule has 2 rings (SSSR count). The van der Waals surface area contributed by atoms with Crippen molar-refractivity contribution in [2.24, 2.45) is 4.99 Å². The summed E-state index contributed by atoms with van der Waals surface area (Å²) in [6.45, 7) is 3.79. The standard InChI is InChI=1S/C18H26N4O/c1-15(22(3)16-8-5-4-6-9-16)14-21-18(19-2)20-12-11-17-10-7-13-23-17/h4-10,13,15H,11-12,14H2,1-3H3,(H2,19,20,21). The van der Waals surface area contributed by atoms with Crippen LogP contribution in [0.4, 0.5) is 5.69 Å².